The van der Waals surface area contributed by atoms with E-state index in [1.165, 1.54) is 0 Å². The van der Waals surface area contributed by atoms with E-state index in [0.29, 0.717) is 0 Å². The summed E-state index contributed by atoms with van der Waals surface area (Å²) in [6, 6.07) is 40.3. The Balaban J connectivity index is 0.00000455. The van der Waals surface area contributed by atoms with Crippen LogP contribution in [0.2, 0.25) is 0 Å². The average Bonchev–Trinajstić information content (AvgIpc) is 4.10. The first-order valence-corrected chi connectivity index (χ1v) is 18.2. The van der Waals surface area contributed by atoms with Crippen molar-refractivity contribution in [1.82, 2.24) is 19.9 Å². The molecule has 0 saturated heterocycles. The number of ether oxygens (including phenoxy) is 4. The van der Waals surface area contributed by atoms with Crippen molar-refractivity contribution < 1.29 is 36.0 Å². The van der Waals surface area contributed by atoms with Gasteiger partial charge in [0.15, 0.2) is 0 Å². The van der Waals surface area contributed by atoms with Crippen LogP contribution in [0.5, 0.6) is 23.0 Å². The van der Waals surface area contributed by atoms with E-state index < -0.39 is 0 Å². The summed E-state index contributed by atoms with van der Waals surface area (Å²) < 4.78 is 22.1. The minimum atomic E-state index is 0. The molecule has 9 rings (SSSR count). The number of hydrogen-bond donors (Lipinski definition) is 0. The molecule has 57 heavy (non-hydrogen) atoms. The number of hydrogen-bond acceptors (Lipinski definition) is 6. The maximum Gasteiger partial charge on any atom is 2.00 e. The third kappa shape index (κ3) is 6.99. The second kappa shape index (κ2) is 15.7. The summed E-state index contributed by atoms with van der Waals surface area (Å²) in [5, 5.41) is 0. The fraction of sp³-hybridized carbons (Fsp3) is 0.0833. The van der Waals surface area contributed by atoms with Crippen LogP contribution in [-0.4, -0.2) is 38.4 Å². The Labute approximate surface area is 341 Å². The Bertz CT molecular complexity index is 2440. The van der Waals surface area contributed by atoms with Gasteiger partial charge in [-0.3, -0.25) is 0 Å². The van der Waals surface area contributed by atoms with E-state index >= 15 is 0 Å². The molecule has 8 nitrogen and oxygen atoms in total. The van der Waals surface area contributed by atoms with Crippen LogP contribution in [-0.2, 0) is 17.1 Å². The van der Waals surface area contributed by atoms with Crippen LogP contribution >= 0.6 is 0 Å². The molecule has 7 aromatic rings. The third-order valence-corrected chi connectivity index (χ3v) is 10.1. The number of rotatable bonds is 8. The summed E-state index contributed by atoms with van der Waals surface area (Å²) in [5.41, 5.74) is 13.7. The van der Waals surface area contributed by atoms with Crippen molar-refractivity contribution in [1.29, 1.82) is 0 Å². The van der Waals surface area contributed by atoms with Gasteiger partial charge in [0.05, 0.1) is 51.2 Å². The smallest absolute Gasteiger partial charge is 0.657 e. The quantitative estimate of drug-likeness (QED) is 0.140. The van der Waals surface area contributed by atoms with E-state index in [4.69, 9.17) is 38.9 Å². The van der Waals surface area contributed by atoms with Crippen molar-refractivity contribution in [2.75, 3.05) is 28.4 Å². The molecule has 3 aromatic heterocycles. The maximum atomic E-state index is 5.52. The Morgan fingerprint density at radius 1 is 0.316 bits per heavy atom. The summed E-state index contributed by atoms with van der Waals surface area (Å²) in [6.45, 7) is 0. The van der Waals surface area contributed by atoms with Crippen molar-refractivity contribution >= 4 is 46.4 Å². The summed E-state index contributed by atoms with van der Waals surface area (Å²) in [4.78, 5) is 21.4. The van der Waals surface area contributed by atoms with Gasteiger partial charge in [0.1, 0.15) is 23.0 Å². The van der Waals surface area contributed by atoms with E-state index in [1.54, 1.807) is 28.4 Å². The zero-order valence-electron chi connectivity index (χ0n) is 31.6. The van der Waals surface area contributed by atoms with Gasteiger partial charge in [0.25, 0.3) is 0 Å². The second-order valence-corrected chi connectivity index (χ2v) is 13.3. The number of nitrogens with zero attached hydrogens (tertiary/aromatic N) is 4. The summed E-state index contributed by atoms with van der Waals surface area (Å²) >= 11 is 0. The van der Waals surface area contributed by atoms with Crippen molar-refractivity contribution in [2.24, 2.45) is 0 Å². The zero-order chi connectivity index (χ0) is 38.2. The molecule has 9 heteroatoms. The first-order chi connectivity index (χ1) is 27.5. The minimum Gasteiger partial charge on any atom is -0.657 e. The van der Waals surface area contributed by atoms with Gasteiger partial charge < -0.3 is 28.9 Å². The Hall–Kier alpha value is -6.80. The van der Waals surface area contributed by atoms with Crippen LogP contribution in [0.3, 0.4) is 0 Å². The van der Waals surface area contributed by atoms with Crippen molar-refractivity contribution in [3.05, 3.63) is 144 Å². The van der Waals surface area contributed by atoms with Gasteiger partial charge in [-0.25, -0.2) is 9.97 Å². The first-order valence-electron chi connectivity index (χ1n) is 18.2. The second-order valence-electron chi connectivity index (χ2n) is 13.3. The summed E-state index contributed by atoms with van der Waals surface area (Å²) in [7, 11) is 6.67. The number of fused-ring (bicyclic) bond motifs is 8. The molecule has 0 spiro atoms. The average molecular weight is 796 g/mol. The first kappa shape index (κ1) is 37.1. The number of benzene rings is 4. The largest absolute Gasteiger partial charge is 2.00 e. The van der Waals surface area contributed by atoms with Gasteiger partial charge in [-0.1, -0.05) is 72.8 Å². The molecular formula is C48H36CuN4O4. The van der Waals surface area contributed by atoms with Gasteiger partial charge in [0, 0.05) is 0 Å². The Morgan fingerprint density at radius 3 is 0.719 bits per heavy atom. The van der Waals surface area contributed by atoms with Crippen LogP contribution < -0.4 is 28.9 Å². The molecule has 4 aromatic carbocycles. The molecule has 0 saturated carbocycles. The van der Waals surface area contributed by atoms with Crippen LogP contribution in [0.1, 0.15) is 22.8 Å². The fourth-order valence-corrected chi connectivity index (χ4v) is 7.30. The van der Waals surface area contributed by atoms with Gasteiger partial charge >= 0.3 is 17.1 Å². The molecule has 0 N–H and O–H groups in total. The monoisotopic (exact) mass is 795 g/mol. The molecule has 8 bridgehead atoms. The molecule has 0 aliphatic carbocycles. The van der Waals surface area contributed by atoms with Gasteiger partial charge in [-0.05, 0) is 117 Å². The predicted molar refractivity (Wildman–Crippen MR) is 225 cm³/mol. The molecular weight excluding hydrogens is 760 g/mol. The molecule has 2 aliphatic heterocycles. The molecule has 283 valence electrons. The molecule has 0 amide bonds. The van der Waals surface area contributed by atoms with E-state index in [2.05, 4.69) is 48.6 Å². The normalized spacial score (nSPS) is 11.6. The van der Waals surface area contributed by atoms with Crippen LogP contribution in [0.25, 0.3) is 90.9 Å². The van der Waals surface area contributed by atoms with Gasteiger partial charge in [-0.2, -0.15) is 0 Å². The molecule has 0 fully saturated rings. The zero-order valence-corrected chi connectivity index (χ0v) is 32.5. The summed E-state index contributed by atoms with van der Waals surface area (Å²) in [5.74, 6) is 3.06. The van der Waals surface area contributed by atoms with E-state index in [1.807, 2.05) is 97.1 Å². The molecule has 2 aliphatic rings. The predicted octanol–water partition coefficient (Wildman–Crippen LogP) is 10.6. The summed E-state index contributed by atoms with van der Waals surface area (Å²) in [6.07, 6.45) is 8.23. The Kier molecular flexibility index (Phi) is 10.3. The van der Waals surface area contributed by atoms with Crippen LogP contribution in [0.4, 0.5) is 0 Å². The SMILES string of the molecule is COc1ccc(-c2c3nc(c(-c4ccc(OC)cc4)c4ccc([n-]4)c(-c4ccc(OC)cc4)c4nc(c(-c5ccc(OC)cc5)c5ccc2[n-]5)C=C4)C=C3)cc1.[Cu+2]. The van der Waals surface area contributed by atoms with Crippen LogP contribution in [0.15, 0.2) is 121 Å². The standard InChI is InChI=1S/C48H36N4O4.Cu/c1-53-33-13-5-29(6-14-33)45-37-21-23-39(49-37)46(30-7-15-34(54-2)16-8-30)41-25-27-43(51-41)48(32-11-19-36(56-4)20-12-32)44-28-26-42(52-44)47(40-24-22-38(45)50-40)31-9-17-35(55-3)18-10-31;/h5-28H,1-4H3;/q-2;+2. The van der Waals surface area contributed by atoms with Crippen LogP contribution in [0, 0.1) is 0 Å². The molecule has 0 unspecified atom stereocenters. The molecule has 0 atom stereocenters. The van der Waals surface area contributed by atoms with Gasteiger partial charge in [-0.15, -0.1) is 22.1 Å². The van der Waals surface area contributed by atoms with Crippen molar-refractivity contribution in [2.45, 2.75) is 0 Å². The number of aromatic nitrogens is 4. The van der Waals surface area contributed by atoms with E-state index in [9.17, 15) is 0 Å². The van der Waals surface area contributed by atoms with Crippen molar-refractivity contribution in [3.8, 4) is 67.5 Å². The fourth-order valence-electron chi connectivity index (χ4n) is 7.30. The van der Waals surface area contributed by atoms with Crippen molar-refractivity contribution in [3.63, 3.8) is 0 Å². The number of methoxy groups -OCH3 is 4. The molecule has 5 heterocycles. The van der Waals surface area contributed by atoms with Gasteiger partial charge in [0.2, 0.25) is 0 Å². The third-order valence-electron chi connectivity index (χ3n) is 10.1. The minimum absolute atomic E-state index is 0. The molecule has 1 radical (unpaired) electrons. The topological polar surface area (TPSA) is 90.9 Å². The Morgan fingerprint density at radius 2 is 0.526 bits per heavy atom. The van der Waals surface area contributed by atoms with E-state index in [0.717, 1.165) is 112 Å². The maximum absolute atomic E-state index is 5.52. The van der Waals surface area contributed by atoms with E-state index in [-0.39, 0.29) is 17.1 Å².